The maximum Gasteiger partial charge on any atom is 0.303 e. The van der Waals surface area contributed by atoms with Gasteiger partial charge in [-0.05, 0) is 30.7 Å². The number of methoxy groups -OCH3 is 3. The predicted octanol–water partition coefficient (Wildman–Crippen LogP) is 2.89. The molecule has 0 saturated heterocycles. The van der Waals surface area contributed by atoms with Crippen LogP contribution in [0.5, 0.6) is 17.2 Å². The van der Waals surface area contributed by atoms with Crippen LogP contribution in [0.4, 0.5) is 4.39 Å². The van der Waals surface area contributed by atoms with Crippen LogP contribution in [-0.2, 0) is 16.1 Å². The number of aliphatic carboxylic acids is 1. The van der Waals surface area contributed by atoms with Gasteiger partial charge in [0.2, 0.25) is 11.7 Å². The Morgan fingerprint density at radius 2 is 1.70 bits per heavy atom. The van der Waals surface area contributed by atoms with Crippen molar-refractivity contribution in [3.8, 4) is 17.2 Å². The average Bonchev–Trinajstić information content (AvgIpc) is 2.79. The molecule has 2 rings (SSSR count). The lowest BCUT2D eigenvalue weighted by Crippen LogP contribution is -2.46. The molecule has 0 aliphatic carbocycles. The van der Waals surface area contributed by atoms with Crippen molar-refractivity contribution in [3.05, 3.63) is 51.7 Å². The Kier molecular flexibility index (Phi) is 9.46. The first-order valence-corrected chi connectivity index (χ1v) is 10.5. The molecule has 2 aromatic rings. The molecule has 33 heavy (non-hydrogen) atoms. The Labute approximate surface area is 198 Å². The van der Waals surface area contributed by atoms with Crippen molar-refractivity contribution < 1.29 is 38.1 Å². The fourth-order valence-electron chi connectivity index (χ4n) is 2.96. The van der Waals surface area contributed by atoms with Crippen molar-refractivity contribution in [1.82, 2.24) is 10.6 Å². The number of hydrogen-bond donors (Lipinski definition) is 3. The van der Waals surface area contributed by atoms with E-state index in [4.69, 9.17) is 19.3 Å². The zero-order valence-electron chi connectivity index (χ0n) is 18.2. The number of ether oxygens (including phenoxy) is 3. The van der Waals surface area contributed by atoms with Crippen LogP contribution in [0.15, 0.2) is 34.8 Å². The van der Waals surface area contributed by atoms with Crippen LogP contribution in [0, 0.1) is 5.82 Å². The third-order valence-corrected chi connectivity index (χ3v) is 5.16. The largest absolute Gasteiger partial charge is 0.493 e. The summed E-state index contributed by atoms with van der Waals surface area (Å²) in [6, 6.07) is 6.01. The van der Waals surface area contributed by atoms with Gasteiger partial charge < -0.3 is 30.0 Å². The second-order valence-electron chi connectivity index (χ2n) is 6.83. The van der Waals surface area contributed by atoms with Gasteiger partial charge in [0.05, 0.1) is 21.3 Å². The molecule has 9 nitrogen and oxygen atoms in total. The Hall–Kier alpha value is -3.34. The van der Waals surface area contributed by atoms with Crippen molar-refractivity contribution in [3.63, 3.8) is 0 Å². The van der Waals surface area contributed by atoms with E-state index >= 15 is 0 Å². The van der Waals surface area contributed by atoms with E-state index in [-0.39, 0.29) is 47.8 Å². The molecule has 0 aliphatic rings. The number of halogens is 2. The molecule has 178 valence electrons. The molecule has 0 heterocycles. The van der Waals surface area contributed by atoms with Crippen molar-refractivity contribution >= 4 is 33.7 Å². The van der Waals surface area contributed by atoms with Crippen LogP contribution in [0.25, 0.3) is 0 Å². The van der Waals surface area contributed by atoms with Crippen LogP contribution in [-0.4, -0.2) is 50.3 Å². The number of nitrogens with one attached hydrogen (secondary N) is 2. The van der Waals surface area contributed by atoms with E-state index < -0.39 is 29.6 Å². The number of benzene rings is 2. The van der Waals surface area contributed by atoms with Gasteiger partial charge in [-0.3, -0.25) is 14.4 Å². The fraction of sp³-hybridized carbons (Fsp3) is 0.318. The molecule has 1 atom stereocenters. The summed E-state index contributed by atoms with van der Waals surface area (Å²) in [7, 11) is 4.20. The highest BCUT2D eigenvalue weighted by molar-refractivity contribution is 9.10. The molecule has 0 radical (unpaired) electrons. The van der Waals surface area contributed by atoms with Crippen molar-refractivity contribution in [1.29, 1.82) is 0 Å². The smallest absolute Gasteiger partial charge is 0.303 e. The van der Waals surface area contributed by atoms with E-state index in [2.05, 4.69) is 26.6 Å². The third-order valence-electron chi connectivity index (χ3n) is 4.66. The first-order valence-electron chi connectivity index (χ1n) is 9.74. The Balaban J connectivity index is 2.20. The summed E-state index contributed by atoms with van der Waals surface area (Å²) < 4.78 is 30.3. The lowest BCUT2D eigenvalue weighted by Gasteiger charge is -2.19. The number of carbonyl (C=O) groups is 3. The molecule has 0 fully saturated rings. The Bertz CT molecular complexity index is 1010. The molecule has 0 aromatic heterocycles. The molecular weight excluding hydrogens is 503 g/mol. The topological polar surface area (TPSA) is 123 Å². The summed E-state index contributed by atoms with van der Waals surface area (Å²) >= 11 is 3.16. The van der Waals surface area contributed by atoms with Gasteiger partial charge in [-0.2, -0.15) is 0 Å². The standard InChI is InChI=1S/C22H24BrFN2O7/c1-31-17-8-13(9-18(32-2)20(17)33-3)21(29)26-16(6-7-19(27)28)22(30)25-11-12-4-5-14(23)10-15(12)24/h4-5,8-10,16H,6-7,11H2,1-3H3,(H,25,30)(H,26,29)(H,27,28)/t16-/m1/s1. The van der Waals surface area contributed by atoms with E-state index in [1.54, 1.807) is 6.07 Å². The van der Waals surface area contributed by atoms with Crippen molar-refractivity contribution in [2.45, 2.75) is 25.4 Å². The first-order chi connectivity index (χ1) is 15.7. The second-order valence-corrected chi connectivity index (χ2v) is 7.74. The summed E-state index contributed by atoms with van der Waals surface area (Å²) in [6.07, 6.45) is -0.527. The van der Waals surface area contributed by atoms with E-state index in [1.807, 2.05) is 0 Å². The molecule has 0 spiro atoms. The minimum Gasteiger partial charge on any atom is -0.493 e. The molecule has 2 aromatic carbocycles. The lowest BCUT2D eigenvalue weighted by atomic mass is 10.1. The lowest BCUT2D eigenvalue weighted by molar-refractivity contribution is -0.137. The second kappa shape index (κ2) is 12.0. The van der Waals surface area contributed by atoms with Gasteiger partial charge in [0.15, 0.2) is 11.5 Å². The van der Waals surface area contributed by atoms with Gasteiger partial charge in [-0.1, -0.05) is 22.0 Å². The van der Waals surface area contributed by atoms with E-state index in [1.165, 1.54) is 45.6 Å². The van der Waals surface area contributed by atoms with Crippen molar-refractivity contribution in [2.75, 3.05) is 21.3 Å². The highest BCUT2D eigenvalue weighted by Gasteiger charge is 2.24. The highest BCUT2D eigenvalue weighted by atomic mass is 79.9. The molecule has 0 aliphatic heterocycles. The number of carboxylic acid groups (broad SMARTS) is 1. The third kappa shape index (κ3) is 7.07. The van der Waals surface area contributed by atoms with E-state index in [0.29, 0.717) is 4.47 Å². The zero-order chi connectivity index (χ0) is 24.5. The highest BCUT2D eigenvalue weighted by Crippen LogP contribution is 2.38. The summed E-state index contributed by atoms with van der Waals surface area (Å²) in [5, 5.41) is 14.1. The Morgan fingerprint density at radius 1 is 1.06 bits per heavy atom. The molecule has 0 saturated carbocycles. The molecule has 11 heteroatoms. The van der Waals surface area contributed by atoms with Gasteiger partial charge in [0.1, 0.15) is 11.9 Å². The van der Waals surface area contributed by atoms with Crippen molar-refractivity contribution in [2.24, 2.45) is 0 Å². The van der Waals surface area contributed by atoms with Crippen LogP contribution in [0.1, 0.15) is 28.8 Å². The van der Waals surface area contributed by atoms with Crippen LogP contribution in [0.3, 0.4) is 0 Å². The van der Waals surface area contributed by atoms with Crippen LogP contribution >= 0.6 is 15.9 Å². The maximum absolute atomic E-state index is 14.0. The monoisotopic (exact) mass is 526 g/mol. The quantitative estimate of drug-likeness (QED) is 0.411. The summed E-state index contributed by atoms with van der Waals surface area (Å²) in [6.45, 7) is -0.137. The number of rotatable bonds is 11. The fourth-order valence-corrected chi connectivity index (χ4v) is 3.29. The molecular formula is C22H24BrFN2O7. The van der Waals surface area contributed by atoms with Gasteiger partial charge >= 0.3 is 5.97 Å². The van der Waals surface area contributed by atoms with E-state index in [9.17, 15) is 18.8 Å². The van der Waals surface area contributed by atoms with Gasteiger partial charge in [-0.15, -0.1) is 0 Å². The van der Waals surface area contributed by atoms with Crippen LogP contribution < -0.4 is 24.8 Å². The number of carboxylic acids is 1. The summed E-state index contributed by atoms with van der Waals surface area (Å²) in [4.78, 5) is 36.6. The zero-order valence-corrected chi connectivity index (χ0v) is 19.8. The number of amides is 2. The number of carbonyl (C=O) groups excluding carboxylic acids is 2. The predicted molar refractivity (Wildman–Crippen MR) is 120 cm³/mol. The minimum absolute atomic E-state index is 0.108. The minimum atomic E-state index is -1.17. The number of hydrogen-bond acceptors (Lipinski definition) is 6. The van der Waals surface area contributed by atoms with Gasteiger partial charge in [0.25, 0.3) is 5.91 Å². The first kappa shape index (κ1) is 25.9. The molecule has 0 unspecified atom stereocenters. The molecule has 0 bridgehead atoms. The Morgan fingerprint density at radius 3 is 2.21 bits per heavy atom. The van der Waals surface area contributed by atoms with Gasteiger partial charge in [0, 0.05) is 28.6 Å². The van der Waals surface area contributed by atoms with Crippen LogP contribution in [0.2, 0.25) is 0 Å². The normalized spacial score (nSPS) is 11.3. The average molecular weight is 527 g/mol. The summed E-state index contributed by atoms with van der Waals surface area (Å²) in [5.41, 5.74) is 0.344. The summed E-state index contributed by atoms with van der Waals surface area (Å²) in [5.74, 6) is -2.21. The molecule has 3 N–H and O–H groups in total. The van der Waals surface area contributed by atoms with E-state index in [0.717, 1.165) is 0 Å². The molecule has 2 amide bonds. The van der Waals surface area contributed by atoms with Gasteiger partial charge in [-0.25, -0.2) is 4.39 Å². The maximum atomic E-state index is 14.0. The SMILES string of the molecule is COc1cc(C(=O)N[C@H](CCC(=O)O)C(=O)NCc2ccc(Br)cc2F)cc(OC)c1OC.